The molecule has 3 aromatic rings. The Morgan fingerprint density at radius 3 is 3.11 bits per heavy atom. The van der Waals surface area contributed by atoms with Crippen LogP contribution in [0.1, 0.15) is 0 Å². The summed E-state index contributed by atoms with van der Waals surface area (Å²) >= 11 is 0. The molecular formula is C11H9N5O2. The highest BCUT2D eigenvalue weighted by atomic mass is 16.4. The lowest BCUT2D eigenvalue weighted by molar-refractivity contribution is 0.555. The van der Waals surface area contributed by atoms with Gasteiger partial charge in [0.25, 0.3) is 0 Å². The van der Waals surface area contributed by atoms with Crippen LogP contribution < -0.4 is 11.1 Å². The predicted octanol–water partition coefficient (Wildman–Crippen LogP) is 1.01. The summed E-state index contributed by atoms with van der Waals surface area (Å²) in [7, 11) is 1.76. The monoisotopic (exact) mass is 243 g/mol. The number of hydrogen-bond acceptors (Lipinski definition) is 6. The lowest BCUT2D eigenvalue weighted by Crippen LogP contribution is -1.99. The second-order valence-electron chi connectivity index (χ2n) is 3.63. The van der Waals surface area contributed by atoms with Crippen molar-refractivity contribution in [1.82, 2.24) is 20.2 Å². The maximum absolute atomic E-state index is 11.1. The molecule has 0 aliphatic carbocycles. The number of H-pyrrole nitrogens is 1. The van der Waals surface area contributed by atoms with Crippen molar-refractivity contribution in [2.45, 2.75) is 0 Å². The fraction of sp³-hybridized carbons (Fsp3) is 0.0909. The minimum absolute atomic E-state index is 0.478. The number of rotatable bonds is 2. The van der Waals surface area contributed by atoms with Gasteiger partial charge in [0.15, 0.2) is 11.4 Å². The molecule has 1 aromatic carbocycles. The third-order valence-corrected chi connectivity index (χ3v) is 2.55. The van der Waals surface area contributed by atoms with Gasteiger partial charge in [-0.2, -0.15) is 0 Å². The average Bonchev–Trinajstić information content (AvgIpc) is 2.77. The minimum atomic E-state index is -0.478. The zero-order valence-corrected chi connectivity index (χ0v) is 9.47. The number of hydrogen-bond donors (Lipinski definition) is 2. The zero-order valence-electron chi connectivity index (χ0n) is 9.47. The summed E-state index contributed by atoms with van der Waals surface area (Å²) in [5.74, 6) is 0.142. The zero-order chi connectivity index (χ0) is 12.5. The van der Waals surface area contributed by atoms with E-state index in [4.69, 9.17) is 4.42 Å². The van der Waals surface area contributed by atoms with E-state index in [1.54, 1.807) is 25.2 Å². The Balaban J connectivity index is 2.21. The van der Waals surface area contributed by atoms with Gasteiger partial charge in [0.05, 0.1) is 5.52 Å². The molecule has 0 spiro atoms. The fourth-order valence-corrected chi connectivity index (χ4v) is 1.75. The molecule has 0 bridgehead atoms. The first kappa shape index (κ1) is 10.5. The van der Waals surface area contributed by atoms with E-state index in [2.05, 4.69) is 25.5 Å². The van der Waals surface area contributed by atoms with Gasteiger partial charge in [-0.3, -0.25) is 4.98 Å². The van der Waals surface area contributed by atoms with Crippen molar-refractivity contribution in [1.29, 1.82) is 0 Å². The molecule has 7 nitrogen and oxygen atoms in total. The molecule has 7 heteroatoms. The minimum Gasteiger partial charge on any atom is -0.408 e. The lowest BCUT2D eigenvalue weighted by atomic mass is 10.1. The number of aromatic nitrogens is 4. The van der Waals surface area contributed by atoms with Crippen LogP contribution in [0.5, 0.6) is 0 Å². The molecular weight excluding hydrogens is 234 g/mol. The maximum atomic E-state index is 11.1. The van der Waals surface area contributed by atoms with Crippen LogP contribution in [0.25, 0.3) is 22.4 Å². The summed E-state index contributed by atoms with van der Waals surface area (Å²) in [6, 6.07) is 5.27. The van der Waals surface area contributed by atoms with Crippen LogP contribution >= 0.6 is 0 Å². The van der Waals surface area contributed by atoms with Gasteiger partial charge < -0.3 is 9.73 Å². The molecule has 18 heavy (non-hydrogen) atoms. The molecule has 0 saturated heterocycles. The van der Waals surface area contributed by atoms with Gasteiger partial charge in [-0.25, -0.2) is 9.78 Å². The highest BCUT2D eigenvalue weighted by Crippen LogP contribution is 2.25. The number of oxazole rings is 1. The molecule has 0 aliphatic rings. The van der Waals surface area contributed by atoms with Crippen molar-refractivity contribution in [3.8, 4) is 11.3 Å². The van der Waals surface area contributed by atoms with E-state index >= 15 is 0 Å². The smallest absolute Gasteiger partial charge is 0.408 e. The average molecular weight is 243 g/mol. The summed E-state index contributed by atoms with van der Waals surface area (Å²) in [5, 5.41) is 10.7. The van der Waals surface area contributed by atoms with E-state index in [1.165, 1.54) is 6.33 Å². The van der Waals surface area contributed by atoms with E-state index in [0.717, 1.165) is 5.56 Å². The lowest BCUT2D eigenvalue weighted by Gasteiger charge is -2.04. The summed E-state index contributed by atoms with van der Waals surface area (Å²) in [4.78, 5) is 17.8. The van der Waals surface area contributed by atoms with Crippen molar-refractivity contribution in [3.63, 3.8) is 0 Å². The van der Waals surface area contributed by atoms with E-state index in [0.29, 0.717) is 22.6 Å². The summed E-state index contributed by atoms with van der Waals surface area (Å²) in [6.45, 7) is 0. The third-order valence-electron chi connectivity index (χ3n) is 2.55. The first-order valence-corrected chi connectivity index (χ1v) is 5.26. The number of nitrogens with zero attached hydrogens (tertiary/aromatic N) is 3. The van der Waals surface area contributed by atoms with Gasteiger partial charge in [-0.15, -0.1) is 10.2 Å². The van der Waals surface area contributed by atoms with Crippen LogP contribution in [0.3, 0.4) is 0 Å². The molecule has 3 rings (SSSR count). The molecule has 0 aliphatic heterocycles. The van der Waals surface area contributed by atoms with Crippen molar-refractivity contribution in [2.24, 2.45) is 0 Å². The molecule has 2 N–H and O–H groups in total. The molecule has 0 saturated carbocycles. The Labute approximate surface area is 101 Å². The van der Waals surface area contributed by atoms with Crippen molar-refractivity contribution in [3.05, 3.63) is 35.1 Å². The van der Waals surface area contributed by atoms with Crippen molar-refractivity contribution >= 4 is 16.9 Å². The maximum Gasteiger partial charge on any atom is 0.417 e. The quantitative estimate of drug-likeness (QED) is 0.697. The van der Waals surface area contributed by atoms with Gasteiger partial charge >= 0.3 is 5.76 Å². The number of benzene rings is 1. The normalized spacial score (nSPS) is 10.7. The van der Waals surface area contributed by atoms with Crippen LogP contribution in [0.15, 0.2) is 33.7 Å². The molecule has 0 atom stereocenters. The van der Waals surface area contributed by atoms with Crippen LogP contribution in [0.2, 0.25) is 0 Å². The highest BCUT2D eigenvalue weighted by molar-refractivity contribution is 5.81. The number of nitrogens with one attached hydrogen (secondary N) is 2. The van der Waals surface area contributed by atoms with Crippen LogP contribution in [0.4, 0.5) is 5.82 Å². The predicted molar refractivity (Wildman–Crippen MR) is 65.2 cm³/mol. The summed E-state index contributed by atoms with van der Waals surface area (Å²) < 4.78 is 4.94. The molecule has 90 valence electrons. The Hall–Kier alpha value is -2.70. The Morgan fingerprint density at radius 2 is 2.28 bits per heavy atom. The third kappa shape index (κ3) is 1.61. The van der Waals surface area contributed by atoms with Crippen molar-refractivity contribution < 1.29 is 4.42 Å². The summed E-state index contributed by atoms with van der Waals surface area (Å²) in [6.07, 6.45) is 1.37. The Bertz CT molecular complexity index is 761. The van der Waals surface area contributed by atoms with Gasteiger partial charge in [-0.1, -0.05) is 0 Å². The van der Waals surface area contributed by atoms with Gasteiger partial charge in [0.2, 0.25) is 0 Å². The Morgan fingerprint density at radius 1 is 1.39 bits per heavy atom. The fourth-order valence-electron chi connectivity index (χ4n) is 1.75. The van der Waals surface area contributed by atoms with Gasteiger partial charge in [0.1, 0.15) is 12.0 Å². The van der Waals surface area contributed by atoms with Crippen LogP contribution in [0, 0.1) is 0 Å². The van der Waals surface area contributed by atoms with Crippen LogP contribution in [-0.4, -0.2) is 27.2 Å². The number of anilines is 1. The van der Waals surface area contributed by atoms with Crippen LogP contribution in [-0.2, 0) is 0 Å². The highest BCUT2D eigenvalue weighted by Gasteiger charge is 2.09. The SMILES string of the molecule is CNc1ncnnc1-c1ccc2oc(=O)[nH]c2c1. The molecule has 2 aromatic heterocycles. The largest absolute Gasteiger partial charge is 0.417 e. The molecule has 0 unspecified atom stereocenters. The van der Waals surface area contributed by atoms with E-state index in [1.807, 2.05) is 0 Å². The number of fused-ring (bicyclic) bond motifs is 1. The van der Waals surface area contributed by atoms with E-state index in [9.17, 15) is 4.79 Å². The topological polar surface area (TPSA) is 96.7 Å². The summed E-state index contributed by atoms with van der Waals surface area (Å²) in [5.41, 5.74) is 2.53. The first-order valence-electron chi connectivity index (χ1n) is 5.26. The molecule has 2 heterocycles. The number of aromatic amines is 1. The van der Waals surface area contributed by atoms with E-state index in [-0.39, 0.29) is 0 Å². The second kappa shape index (κ2) is 3.95. The Kier molecular flexibility index (Phi) is 2.30. The molecule has 0 radical (unpaired) electrons. The van der Waals surface area contributed by atoms with Crippen molar-refractivity contribution in [2.75, 3.05) is 12.4 Å². The first-order chi connectivity index (χ1) is 8.78. The second-order valence-corrected chi connectivity index (χ2v) is 3.63. The standard InChI is InChI=1S/C11H9N5O2/c1-12-10-9(16-14-5-13-10)6-2-3-8-7(4-6)15-11(17)18-8/h2-5H,1H3,(H,15,17)(H,12,13,14). The van der Waals surface area contributed by atoms with Gasteiger partial charge in [-0.05, 0) is 18.2 Å². The van der Waals surface area contributed by atoms with E-state index < -0.39 is 5.76 Å². The van der Waals surface area contributed by atoms with Gasteiger partial charge in [0, 0.05) is 12.6 Å². The molecule has 0 amide bonds. The molecule has 0 fully saturated rings.